The van der Waals surface area contributed by atoms with Gasteiger partial charge in [0.1, 0.15) is 0 Å². The molecule has 0 aliphatic heterocycles. The lowest BCUT2D eigenvalue weighted by Crippen LogP contribution is -2.09. The summed E-state index contributed by atoms with van der Waals surface area (Å²) in [6.45, 7) is 5.97. The van der Waals surface area contributed by atoms with E-state index in [1.165, 1.54) is 24.0 Å². The Hall–Kier alpha value is -0.340. The molecule has 1 atom stereocenters. The molecule has 1 rings (SSSR count). The molecular formula is C15H23BrO. The molecule has 0 saturated carbocycles. The quantitative estimate of drug-likeness (QED) is 0.512. The average molecular weight is 299 g/mol. The van der Waals surface area contributed by atoms with Crippen molar-refractivity contribution in [3.8, 4) is 0 Å². The molecule has 0 aliphatic carbocycles. The van der Waals surface area contributed by atoms with Crippen LogP contribution in [0.4, 0.5) is 0 Å². The molecule has 0 saturated heterocycles. The van der Waals surface area contributed by atoms with Gasteiger partial charge >= 0.3 is 0 Å². The average Bonchev–Trinajstić information content (AvgIpc) is 2.35. The molecule has 0 spiro atoms. The topological polar surface area (TPSA) is 9.23 Å². The highest BCUT2D eigenvalue weighted by Gasteiger charge is 2.09. The first-order valence-corrected chi connectivity index (χ1v) is 7.58. The van der Waals surface area contributed by atoms with Crippen molar-refractivity contribution in [3.05, 3.63) is 35.4 Å². The summed E-state index contributed by atoms with van der Waals surface area (Å²) < 4.78 is 5.39. The van der Waals surface area contributed by atoms with Crippen molar-refractivity contribution < 1.29 is 4.74 Å². The number of ether oxygens (including phenoxy) is 1. The second-order valence-electron chi connectivity index (χ2n) is 4.49. The maximum Gasteiger partial charge on any atom is 0.0466 e. The molecule has 2 heteroatoms. The Morgan fingerprint density at radius 1 is 1.29 bits per heavy atom. The summed E-state index contributed by atoms with van der Waals surface area (Å²) >= 11 is 3.63. The summed E-state index contributed by atoms with van der Waals surface area (Å²) in [5, 5.41) is 1.08. The SMILES string of the molecule is CCOCCCC(CBr)Cc1ccccc1C. The highest BCUT2D eigenvalue weighted by molar-refractivity contribution is 9.09. The molecule has 0 N–H and O–H groups in total. The summed E-state index contributed by atoms with van der Waals surface area (Å²) in [7, 11) is 0. The van der Waals surface area contributed by atoms with Crippen LogP contribution < -0.4 is 0 Å². The number of aryl methyl sites for hydroxylation is 1. The van der Waals surface area contributed by atoms with E-state index in [0.717, 1.165) is 30.9 Å². The molecule has 17 heavy (non-hydrogen) atoms. The largest absolute Gasteiger partial charge is 0.382 e. The van der Waals surface area contributed by atoms with Gasteiger partial charge in [0.05, 0.1) is 0 Å². The van der Waals surface area contributed by atoms with Crippen LogP contribution in [0.25, 0.3) is 0 Å². The summed E-state index contributed by atoms with van der Waals surface area (Å²) in [6, 6.07) is 8.68. The zero-order valence-corrected chi connectivity index (χ0v) is 12.5. The minimum absolute atomic E-state index is 0.719. The van der Waals surface area contributed by atoms with Gasteiger partial charge in [-0.2, -0.15) is 0 Å². The molecule has 1 unspecified atom stereocenters. The minimum Gasteiger partial charge on any atom is -0.382 e. The fraction of sp³-hybridized carbons (Fsp3) is 0.600. The van der Waals surface area contributed by atoms with E-state index in [1.54, 1.807) is 0 Å². The number of rotatable bonds is 8. The fourth-order valence-corrected chi connectivity index (χ4v) is 2.55. The first-order chi connectivity index (χ1) is 8.27. The molecule has 0 aromatic heterocycles. The van der Waals surface area contributed by atoms with Crippen molar-refractivity contribution >= 4 is 15.9 Å². The predicted octanol–water partition coefficient (Wildman–Crippen LogP) is 4.37. The van der Waals surface area contributed by atoms with Crippen LogP contribution in [0.5, 0.6) is 0 Å². The smallest absolute Gasteiger partial charge is 0.0466 e. The molecule has 0 amide bonds. The lowest BCUT2D eigenvalue weighted by atomic mass is 9.94. The van der Waals surface area contributed by atoms with Crippen LogP contribution >= 0.6 is 15.9 Å². The second kappa shape index (κ2) is 8.71. The third-order valence-electron chi connectivity index (χ3n) is 3.09. The van der Waals surface area contributed by atoms with E-state index in [2.05, 4.69) is 54.0 Å². The predicted molar refractivity (Wildman–Crippen MR) is 77.9 cm³/mol. The van der Waals surface area contributed by atoms with Gasteiger partial charge in [0.25, 0.3) is 0 Å². The van der Waals surface area contributed by atoms with Gasteiger partial charge in [-0.25, -0.2) is 0 Å². The van der Waals surface area contributed by atoms with E-state index >= 15 is 0 Å². The molecule has 0 heterocycles. The van der Waals surface area contributed by atoms with Crippen LogP contribution in [-0.2, 0) is 11.2 Å². The van der Waals surface area contributed by atoms with Crippen molar-refractivity contribution in [2.45, 2.75) is 33.1 Å². The van der Waals surface area contributed by atoms with Crippen molar-refractivity contribution in [2.24, 2.45) is 5.92 Å². The zero-order chi connectivity index (χ0) is 12.5. The first-order valence-electron chi connectivity index (χ1n) is 6.46. The lowest BCUT2D eigenvalue weighted by molar-refractivity contribution is 0.140. The summed E-state index contributed by atoms with van der Waals surface area (Å²) in [5.74, 6) is 0.719. The van der Waals surface area contributed by atoms with E-state index < -0.39 is 0 Å². The van der Waals surface area contributed by atoms with E-state index in [-0.39, 0.29) is 0 Å². The van der Waals surface area contributed by atoms with Crippen LogP contribution in [0, 0.1) is 12.8 Å². The molecule has 0 bridgehead atoms. The normalized spacial score (nSPS) is 12.6. The van der Waals surface area contributed by atoms with E-state index in [9.17, 15) is 0 Å². The maximum absolute atomic E-state index is 5.39. The third-order valence-corrected chi connectivity index (χ3v) is 4.01. The van der Waals surface area contributed by atoms with Crippen molar-refractivity contribution in [1.82, 2.24) is 0 Å². The van der Waals surface area contributed by atoms with Crippen LogP contribution in [-0.4, -0.2) is 18.5 Å². The van der Waals surface area contributed by atoms with Gasteiger partial charge in [0, 0.05) is 18.5 Å². The molecule has 96 valence electrons. The van der Waals surface area contributed by atoms with Gasteiger partial charge in [0.15, 0.2) is 0 Å². The maximum atomic E-state index is 5.39. The van der Waals surface area contributed by atoms with Crippen molar-refractivity contribution in [3.63, 3.8) is 0 Å². The fourth-order valence-electron chi connectivity index (χ4n) is 2.00. The number of hydrogen-bond donors (Lipinski definition) is 0. The monoisotopic (exact) mass is 298 g/mol. The van der Waals surface area contributed by atoms with E-state index in [4.69, 9.17) is 4.74 Å². The van der Waals surface area contributed by atoms with Crippen LogP contribution in [0.1, 0.15) is 30.9 Å². The summed E-state index contributed by atoms with van der Waals surface area (Å²) in [4.78, 5) is 0. The molecule has 1 aromatic carbocycles. The summed E-state index contributed by atoms with van der Waals surface area (Å²) in [5.41, 5.74) is 2.89. The van der Waals surface area contributed by atoms with Crippen molar-refractivity contribution in [2.75, 3.05) is 18.5 Å². The van der Waals surface area contributed by atoms with Crippen molar-refractivity contribution in [1.29, 1.82) is 0 Å². The molecule has 0 radical (unpaired) electrons. The van der Waals surface area contributed by atoms with Gasteiger partial charge < -0.3 is 4.74 Å². The third kappa shape index (κ3) is 5.69. The molecule has 1 aromatic rings. The minimum atomic E-state index is 0.719. The van der Waals surface area contributed by atoms with Crippen LogP contribution in [0.15, 0.2) is 24.3 Å². The molecule has 0 fully saturated rings. The Balaban J connectivity index is 2.38. The highest BCUT2D eigenvalue weighted by Crippen LogP contribution is 2.19. The van der Waals surface area contributed by atoms with Gasteiger partial charge in [0.2, 0.25) is 0 Å². The Morgan fingerprint density at radius 2 is 2.06 bits per heavy atom. The Morgan fingerprint density at radius 3 is 2.71 bits per heavy atom. The van der Waals surface area contributed by atoms with Crippen LogP contribution in [0.2, 0.25) is 0 Å². The second-order valence-corrected chi connectivity index (χ2v) is 5.14. The molecule has 0 aliphatic rings. The number of alkyl halides is 1. The van der Waals surface area contributed by atoms with Gasteiger partial charge in [-0.1, -0.05) is 40.2 Å². The van der Waals surface area contributed by atoms with Gasteiger partial charge in [-0.05, 0) is 50.2 Å². The number of halogens is 1. The van der Waals surface area contributed by atoms with Crippen LogP contribution in [0.3, 0.4) is 0 Å². The summed E-state index contributed by atoms with van der Waals surface area (Å²) in [6.07, 6.45) is 3.57. The number of benzene rings is 1. The number of hydrogen-bond acceptors (Lipinski definition) is 1. The standard InChI is InChI=1S/C15H23BrO/c1-3-17-10-6-8-14(12-16)11-15-9-5-4-7-13(15)2/h4-5,7,9,14H,3,6,8,10-12H2,1-2H3. The highest BCUT2D eigenvalue weighted by atomic mass is 79.9. The Kier molecular flexibility index (Phi) is 7.54. The zero-order valence-electron chi connectivity index (χ0n) is 10.9. The lowest BCUT2D eigenvalue weighted by Gasteiger charge is -2.15. The van der Waals surface area contributed by atoms with E-state index in [1.807, 2.05) is 0 Å². The van der Waals surface area contributed by atoms with Gasteiger partial charge in [-0.15, -0.1) is 0 Å². The molecular weight excluding hydrogens is 276 g/mol. The van der Waals surface area contributed by atoms with E-state index in [0.29, 0.717) is 0 Å². The Bertz CT molecular complexity index is 312. The first kappa shape index (κ1) is 14.7. The molecule has 1 nitrogen and oxygen atoms in total. The van der Waals surface area contributed by atoms with Gasteiger partial charge in [-0.3, -0.25) is 0 Å². The Labute approximate surface area is 114 Å².